The second-order valence-electron chi connectivity index (χ2n) is 7.99. The van der Waals surface area contributed by atoms with E-state index in [0.717, 1.165) is 23.4 Å². The topological polar surface area (TPSA) is 101 Å². The van der Waals surface area contributed by atoms with Gasteiger partial charge in [0.2, 0.25) is 5.91 Å². The fourth-order valence-corrected chi connectivity index (χ4v) is 4.26. The zero-order valence-corrected chi connectivity index (χ0v) is 16.4. The van der Waals surface area contributed by atoms with Gasteiger partial charge in [-0.05, 0) is 49.1 Å². The van der Waals surface area contributed by atoms with Crippen LogP contribution in [-0.4, -0.2) is 31.8 Å². The summed E-state index contributed by atoms with van der Waals surface area (Å²) in [6, 6.07) is 13.5. The van der Waals surface area contributed by atoms with Crippen molar-refractivity contribution in [2.24, 2.45) is 11.7 Å². The molecule has 0 saturated heterocycles. The van der Waals surface area contributed by atoms with Crippen LogP contribution in [0.1, 0.15) is 43.9 Å². The molecule has 4 rings (SSSR count). The third-order valence-electron chi connectivity index (χ3n) is 5.91. The number of hydrogen-bond acceptors (Lipinski definition) is 4. The van der Waals surface area contributed by atoms with Crippen LogP contribution >= 0.6 is 0 Å². The molecule has 1 aliphatic rings. The highest BCUT2D eigenvalue weighted by Gasteiger charge is 2.24. The second kappa shape index (κ2) is 8.35. The van der Waals surface area contributed by atoms with E-state index in [1.807, 2.05) is 12.1 Å². The molecule has 29 heavy (non-hydrogen) atoms. The first kappa shape index (κ1) is 19.6. The molecular weight excluding hydrogens is 366 g/mol. The number of aromatic nitrogens is 2. The molecule has 0 radical (unpaired) electrons. The molecular formula is C23H27N3O3. The van der Waals surface area contributed by atoms with Crippen LogP contribution in [0, 0.1) is 5.92 Å². The summed E-state index contributed by atoms with van der Waals surface area (Å²) in [6.07, 6.45) is 5.69. The van der Waals surface area contributed by atoms with Gasteiger partial charge in [0.25, 0.3) is 0 Å². The van der Waals surface area contributed by atoms with E-state index in [2.05, 4.69) is 33.9 Å². The van der Waals surface area contributed by atoms with Gasteiger partial charge in [-0.15, -0.1) is 0 Å². The zero-order chi connectivity index (χ0) is 20.4. The first-order valence-corrected chi connectivity index (χ1v) is 10.2. The highest BCUT2D eigenvalue weighted by atomic mass is 16.3. The molecule has 6 heteroatoms. The number of aliphatic hydroxyl groups excluding tert-OH is 2. The van der Waals surface area contributed by atoms with Gasteiger partial charge in [-0.25, -0.2) is 4.98 Å². The summed E-state index contributed by atoms with van der Waals surface area (Å²) in [7, 11) is 0. The smallest absolute Gasteiger partial charge is 0.249 e. The summed E-state index contributed by atoms with van der Waals surface area (Å²) in [5, 5.41) is 21.0. The molecule has 1 saturated carbocycles. The van der Waals surface area contributed by atoms with Crippen molar-refractivity contribution in [1.29, 1.82) is 0 Å². The molecule has 0 unspecified atom stereocenters. The van der Waals surface area contributed by atoms with Crippen LogP contribution in [0.4, 0.5) is 0 Å². The van der Waals surface area contributed by atoms with Gasteiger partial charge in [0.15, 0.2) is 6.10 Å². The minimum atomic E-state index is -1.69. The fourth-order valence-electron chi connectivity index (χ4n) is 4.26. The average molecular weight is 393 g/mol. The predicted molar refractivity (Wildman–Crippen MR) is 112 cm³/mol. The number of carbonyl (C=O) groups is 1. The lowest BCUT2D eigenvalue weighted by Gasteiger charge is -2.22. The Balaban J connectivity index is 1.58. The monoisotopic (exact) mass is 393 g/mol. The first-order valence-electron chi connectivity index (χ1n) is 10.2. The van der Waals surface area contributed by atoms with E-state index in [1.54, 1.807) is 12.1 Å². The molecule has 1 fully saturated rings. The Morgan fingerprint density at radius 2 is 1.93 bits per heavy atom. The number of primary amides is 1. The molecule has 2 aromatic heterocycles. The van der Waals surface area contributed by atoms with Crippen molar-refractivity contribution in [1.82, 2.24) is 9.55 Å². The Kier molecular flexibility index (Phi) is 5.65. The number of benzene rings is 1. The number of fused-ring (bicyclic) bond motifs is 1. The maximum Gasteiger partial charge on any atom is 0.249 e. The minimum absolute atomic E-state index is 0.212. The maximum absolute atomic E-state index is 11.1. The lowest BCUT2D eigenvalue weighted by atomic mass is 9.89. The molecule has 0 aliphatic heterocycles. The van der Waals surface area contributed by atoms with Gasteiger partial charge in [-0.2, -0.15) is 0 Å². The zero-order valence-electron chi connectivity index (χ0n) is 16.4. The van der Waals surface area contributed by atoms with Crippen molar-refractivity contribution in [3.05, 3.63) is 54.4 Å². The quantitative estimate of drug-likeness (QED) is 0.599. The molecule has 2 atom stereocenters. The number of nitrogens with two attached hydrogens (primary N) is 1. The fraction of sp³-hybridized carbons (Fsp3) is 0.391. The lowest BCUT2D eigenvalue weighted by molar-refractivity contribution is -0.132. The highest BCUT2D eigenvalue weighted by Crippen LogP contribution is 2.29. The molecule has 152 valence electrons. The number of hydrogen-bond donors (Lipinski definition) is 3. The molecule has 1 aliphatic carbocycles. The van der Waals surface area contributed by atoms with Crippen LogP contribution in [0.15, 0.2) is 48.7 Å². The number of carbonyl (C=O) groups excluding carboxylic acids is 1. The largest absolute Gasteiger partial charge is 0.384 e. The van der Waals surface area contributed by atoms with Gasteiger partial charge in [0.1, 0.15) is 6.10 Å². The maximum atomic E-state index is 11.1. The summed E-state index contributed by atoms with van der Waals surface area (Å²) in [6.45, 7) is 1.06. The Morgan fingerprint density at radius 1 is 1.14 bits per heavy atom. The van der Waals surface area contributed by atoms with Crippen LogP contribution in [0.2, 0.25) is 0 Å². The van der Waals surface area contributed by atoms with E-state index in [9.17, 15) is 15.0 Å². The molecule has 3 aromatic rings. The number of rotatable bonds is 6. The van der Waals surface area contributed by atoms with Crippen LogP contribution in [0.25, 0.3) is 22.2 Å². The van der Waals surface area contributed by atoms with E-state index >= 15 is 0 Å². The van der Waals surface area contributed by atoms with Crippen LogP contribution in [-0.2, 0) is 11.3 Å². The highest BCUT2D eigenvalue weighted by molar-refractivity contribution is 5.85. The Hall–Kier alpha value is -2.70. The Bertz CT molecular complexity index is 1010. The average Bonchev–Trinajstić information content (AvgIpc) is 3.15. The van der Waals surface area contributed by atoms with Crippen molar-refractivity contribution in [3.63, 3.8) is 0 Å². The van der Waals surface area contributed by atoms with E-state index in [4.69, 9.17) is 5.73 Å². The Morgan fingerprint density at radius 3 is 2.69 bits per heavy atom. The second-order valence-corrected chi connectivity index (χ2v) is 7.99. The van der Waals surface area contributed by atoms with Crippen LogP contribution < -0.4 is 5.73 Å². The van der Waals surface area contributed by atoms with E-state index < -0.39 is 18.1 Å². The van der Waals surface area contributed by atoms with Gasteiger partial charge in [-0.3, -0.25) is 4.79 Å². The number of nitrogens with zero attached hydrogens (tertiary/aromatic N) is 2. The number of pyridine rings is 1. The standard InChI is InChI=1S/C23H27N3O3/c24-23(29)22(28)21(27)19-8-4-7-18(25-19)16-9-10-20-17(13-16)11-12-26(20)14-15-5-2-1-3-6-15/h4,7-13,15,21-22,27-28H,1-3,5-6,14H2,(H2,24,29)/t21-,22+/m0/s1. The van der Waals surface area contributed by atoms with Gasteiger partial charge in [-0.1, -0.05) is 31.4 Å². The summed E-state index contributed by atoms with van der Waals surface area (Å²) < 4.78 is 2.34. The summed E-state index contributed by atoms with van der Waals surface area (Å²) in [5.74, 6) is -0.221. The molecule has 1 aromatic carbocycles. The summed E-state index contributed by atoms with van der Waals surface area (Å²) in [5.41, 5.74) is 8.08. The van der Waals surface area contributed by atoms with Gasteiger partial charge < -0.3 is 20.5 Å². The van der Waals surface area contributed by atoms with E-state index in [0.29, 0.717) is 5.69 Å². The first-order chi connectivity index (χ1) is 14.0. The third-order valence-corrected chi connectivity index (χ3v) is 5.91. The van der Waals surface area contributed by atoms with E-state index in [-0.39, 0.29) is 5.69 Å². The van der Waals surface area contributed by atoms with Crippen molar-refractivity contribution >= 4 is 16.8 Å². The van der Waals surface area contributed by atoms with Crippen molar-refractivity contribution in [2.45, 2.75) is 50.9 Å². The number of aliphatic hydroxyl groups is 2. The van der Waals surface area contributed by atoms with Crippen molar-refractivity contribution < 1.29 is 15.0 Å². The Labute approximate surface area is 170 Å². The lowest BCUT2D eigenvalue weighted by Crippen LogP contribution is -2.34. The summed E-state index contributed by atoms with van der Waals surface area (Å²) in [4.78, 5) is 15.6. The van der Waals surface area contributed by atoms with Crippen LogP contribution in [0.3, 0.4) is 0 Å². The molecule has 4 N–H and O–H groups in total. The molecule has 1 amide bonds. The molecule has 0 spiro atoms. The SMILES string of the molecule is NC(=O)[C@H](O)[C@@H](O)c1cccc(-c2ccc3c(ccn3CC3CCCCC3)c2)n1. The summed E-state index contributed by atoms with van der Waals surface area (Å²) >= 11 is 0. The van der Waals surface area contributed by atoms with Gasteiger partial charge >= 0.3 is 0 Å². The van der Waals surface area contributed by atoms with Gasteiger partial charge in [0.05, 0.1) is 11.4 Å². The molecule has 6 nitrogen and oxygen atoms in total. The number of amides is 1. The van der Waals surface area contributed by atoms with Crippen molar-refractivity contribution in [2.75, 3.05) is 0 Å². The molecule has 2 heterocycles. The third kappa shape index (κ3) is 4.18. The van der Waals surface area contributed by atoms with Crippen molar-refractivity contribution in [3.8, 4) is 11.3 Å². The molecule has 0 bridgehead atoms. The predicted octanol–water partition coefficient (Wildman–Crippen LogP) is 3.16. The van der Waals surface area contributed by atoms with Crippen LogP contribution in [0.5, 0.6) is 0 Å². The van der Waals surface area contributed by atoms with E-state index in [1.165, 1.54) is 37.6 Å². The minimum Gasteiger partial charge on any atom is -0.384 e. The normalized spacial score (nSPS) is 17.3. The van der Waals surface area contributed by atoms with Gasteiger partial charge in [0, 0.05) is 29.2 Å².